The highest BCUT2D eigenvalue weighted by Crippen LogP contribution is 2.38. The molecule has 2 N–H and O–H groups in total. The zero-order chi connectivity index (χ0) is 25.9. The first-order chi connectivity index (χ1) is 18.7. The first-order valence-electron chi connectivity index (χ1n) is 13.6. The van der Waals surface area contributed by atoms with Gasteiger partial charge in [-0.15, -0.1) is 0 Å². The Bertz CT molecular complexity index is 1480. The van der Waals surface area contributed by atoms with Crippen molar-refractivity contribution in [2.45, 2.75) is 44.2 Å². The fourth-order valence-corrected chi connectivity index (χ4v) is 6.15. The van der Waals surface area contributed by atoms with Crippen LogP contribution in [0.3, 0.4) is 0 Å². The van der Waals surface area contributed by atoms with Gasteiger partial charge in [-0.3, -0.25) is 9.78 Å². The van der Waals surface area contributed by atoms with Gasteiger partial charge in [0, 0.05) is 18.1 Å². The van der Waals surface area contributed by atoms with Crippen molar-refractivity contribution in [3.8, 4) is 0 Å². The maximum Gasteiger partial charge on any atom is 0.228 e. The zero-order valence-electron chi connectivity index (χ0n) is 21.5. The Kier molecular flexibility index (Phi) is 6.93. The molecule has 2 atom stereocenters. The highest BCUT2D eigenvalue weighted by molar-refractivity contribution is 6.05. The number of fused-ring (bicyclic) bond motifs is 3. The van der Waals surface area contributed by atoms with Crippen LogP contribution in [0.5, 0.6) is 0 Å². The van der Waals surface area contributed by atoms with Gasteiger partial charge in [-0.2, -0.15) is 0 Å². The van der Waals surface area contributed by atoms with Crippen LogP contribution in [0.4, 0.5) is 0 Å². The minimum atomic E-state index is -0.407. The Balaban J connectivity index is 1.28. The molecular formula is C33H33N3O2. The molecule has 1 aliphatic rings. The molecule has 0 radical (unpaired) electrons. The molecule has 6 rings (SSSR count). The number of hydrogen-bond acceptors (Lipinski definition) is 3. The van der Waals surface area contributed by atoms with Gasteiger partial charge in [0.1, 0.15) is 0 Å². The van der Waals surface area contributed by atoms with Gasteiger partial charge < -0.3 is 15.0 Å². The molecule has 5 aromatic rings. The van der Waals surface area contributed by atoms with Gasteiger partial charge in [0.15, 0.2) is 0 Å². The van der Waals surface area contributed by atoms with Gasteiger partial charge in [-0.25, -0.2) is 0 Å². The second-order valence-corrected chi connectivity index (χ2v) is 10.4. The third-order valence-electron chi connectivity index (χ3n) is 8.06. The van der Waals surface area contributed by atoms with Crippen LogP contribution in [-0.4, -0.2) is 27.2 Å². The third kappa shape index (κ3) is 4.70. The number of para-hydroxylation sites is 1. The van der Waals surface area contributed by atoms with Crippen LogP contribution in [0.25, 0.3) is 21.9 Å². The van der Waals surface area contributed by atoms with Gasteiger partial charge in [0.25, 0.3) is 0 Å². The van der Waals surface area contributed by atoms with Gasteiger partial charge in [-0.05, 0) is 53.6 Å². The number of amides is 1. The van der Waals surface area contributed by atoms with Crippen molar-refractivity contribution in [3.63, 3.8) is 0 Å². The first-order valence-corrected chi connectivity index (χ1v) is 13.6. The Morgan fingerprint density at radius 1 is 0.868 bits per heavy atom. The average Bonchev–Trinajstić information content (AvgIpc) is 3.61. The molecule has 0 saturated heterocycles. The number of benzene rings is 3. The lowest BCUT2D eigenvalue weighted by Crippen LogP contribution is -2.37. The van der Waals surface area contributed by atoms with Crippen LogP contribution in [-0.2, 0) is 11.3 Å². The van der Waals surface area contributed by atoms with Crippen molar-refractivity contribution in [3.05, 3.63) is 114 Å². The first kappa shape index (κ1) is 24.4. The second kappa shape index (κ2) is 10.8. The predicted octanol–water partition coefficient (Wildman–Crippen LogP) is 6.36. The summed E-state index contributed by atoms with van der Waals surface area (Å²) in [6.07, 6.45) is 6.29. The number of pyridine rings is 1. The summed E-state index contributed by atoms with van der Waals surface area (Å²) in [5.41, 5.74) is 6.47. The summed E-state index contributed by atoms with van der Waals surface area (Å²) in [6, 6.07) is 30.4. The summed E-state index contributed by atoms with van der Waals surface area (Å²) in [5.74, 6) is 0.0992. The molecule has 5 nitrogen and oxygen atoms in total. The summed E-state index contributed by atoms with van der Waals surface area (Å²) in [4.78, 5) is 18.3. The van der Waals surface area contributed by atoms with E-state index < -0.39 is 6.04 Å². The lowest BCUT2D eigenvalue weighted by Gasteiger charge is -2.26. The Morgan fingerprint density at radius 3 is 2.34 bits per heavy atom. The molecule has 2 aromatic heterocycles. The molecule has 192 valence electrons. The maximum absolute atomic E-state index is 13.7. The summed E-state index contributed by atoms with van der Waals surface area (Å²) in [7, 11) is 0. The monoisotopic (exact) mass is 503 g/mol. The molecule has 0 spiro atoms. The highest BCUT2D eigenvalue weighted by atomic mass is 16.3. The Labute approximate surface area is 223 Å². The van der Waals surface area contributed by atoms with Crippen molar-refractivity contribution >= 4 is 27.8 Å². The lowest BCUT2D eigenvalue weighted by atomic mass is 9.83. The minimum Gasteiger partial charge on any atom is -0.394 e. The molecule has 38 heavy (non-hydrogen) atoms. The second-order valence-electron chi connectivity index (χ2n) is 10.4. The van der Waals surface area contributed by atoms with E-state index in [9.17, 15) is 9.90 Å². The van der Waals surface area contributed by atoms with E-state index in [4.69, 9.17) is 0 Å². The van der Waals surface area contributed by atoms with E-state index in [0.29, 0.717) is 5.92 Å². The van der Waals surface area contributed by atoms with Crippen LogP contribution in [0.1, 0.15) is 54.3 Å². The number of aliphatic hydroxyl groups is 1. The van der Waals surface area contributed by atoms with E-state index in [0.717, 1.165) is 59.8 Å². The average molecular weight is 504 g/mol. The number of carbonyl (C=O) groups excluding carboxylic acids is 1. The topological polar surface area (TPSA) is 67.2 Å². The van der Waals surface area contributed by atoms with E-state index in [2.05, 4.69) is 69.5 Å². The van der Waals surface area contributed by atoms with Gasteiger partial charge in [-0.1, -0.05) is 85.6 Å². The van der Waals surface area contributed by atoms with E-state index in [1.165, 1.54) is 11.1 Å². The number of aliphatic hydroxyl groups excluding tert-OH is 1. The Morgan fingerprint density at radius 2 is 1.58 bits per heavy atom. The minimum absolute atomic E-state index is 0.000949. The third-order valence-corrected chi connectivity index (χ3v) is 8.06. The standard InChI is InChI=1S/C33H33N3O2/c37-22-28(24-9-2-1-3-10-24)35-33(38)31(25-11-4-5-12-25)26-18-16-23(17-19-26)21-36-29-14-7-6-13-27(29)32-30(36)15-8-20-34-32/h1-3,6-10,13-20,25,28,31,37H,4-5,11-12,21-22H2,(H,35,38)/t28-,31?/m0/s1. The van der Waals surface area contributed by atoms with E-state index in [-0.39, 0.29) is 18.4 Å². The maximum atomic E-state index is 13.7. The number of aromatic nitrogens is 2. The normalized spacial score (nSPS) is 15.6. The van der Waals surface area contributed by atoms with Crippen LogP contribution >= 0.6 is 0 Å². The van der Waals surface area contributed by atoms with Crippen molar-refractivity contribution in [2.24, 2.45) is 5.92 Å². The van der Waals surface area contributed by atoms with Crippen LogP contribution in [0.15, 0.2) is 97.2 Å². The summed E-state index contributed by atoms with van der Waals surface area (Å²) >= 11 is 0. The Hall–Kier alpha value is -3.96. The zero-order valence-corrected chi connectivity index (χ0v) is 21.5. The van der Waals surface area contributed by atoms with Gasteiger partial charge >= 0.3 is 0 Å². The van der Waals surface area contributed by atoms with Crippen molar-refractivity contribution < 1.29 is 9.90 Å². The van der Waals surface area contributed by atoms with E-state index in [1.807, 2.05) is 42.6 Å². The molecule has 0 bridgehead atoms. The molecule has 5 heteroatoms. The van der Waals surface area contributed by atoms with Crippen LogP contribution in [0.2, 0.25) is 0 Å². The molecule has 3 aromatic carbocycles. The number of nitrogens with one attached hydrogen (secondary N) is 1. The highest BCUT2D eigenvalue weighted by Gasteiger charge is 2.33. The SMILES string of the molecule is O=C(N[C@@H](CO)c1ccccc1)C(c1ccc(Cn2c3ccccc3c3ncccc32)cc1)C1CCCC1. The van der Waals surface area contributed by atoms with Gasteiger partial charge in [0.05, 0.1) is 35.1 Å². The summed E-state index contributed by atoms with van der Waals surface area (Å²) in [6.45, 7) is 0.608. The quantitative estimate of drug-likeness (QED) is 0.259. The summed E-state index contributed by atoms with van der Waals surface area (Å²) in [5, 5.41) is 14.3. The van der Waals surface area contributed by atoms with Crippen molar-refractivity contribution in [2.75, 3.05) is 6.61 Å². The van der Waals surface area contributed by atoms with Crippen molar-refractivity contribution in [1.29, 1.82) is 0 Å². The fraction of sp³-hybridized carbons (Fsp3) is 0.273. The molecule has 0 aliphatic heterocycles. The van der Waals surface area contributed by atoms with Gasteiger partial charge in [0.2, 0.25) is 5.91 Å². The fourth-order valence-electron chi connectivity index (χ4n) is 6.15. The predicted molar refractivity (Wildman–Crippen MR) is 152 cm³/mol. The molecule has 1 aliphatic carbocycles. The number of hydrogen-bond donors (Lipinski definition) is 2. The molecule has 2 heterocycles. The smallest absolute Gasteiger partial charge is 0.228 e. The van der Waals surface area contributed by atoms with E-state index >= 15 is 0 Å². The number of nitrogens with zero attached hydrogens (tertiary/aromatic N) is 2. The molecule has 1 fully saturated rings. The van der Waals surface area contributed by atoms with Crippen molar-refractivity contribution in [1.82, 2.24) is 14.9 Å². The summed E-state index contributed by atoms with van der Waals surface area (Å²) < 4.78 is 2.32. The lowest BCUT2D eigenvalue weighted by molar-refractivity contribution is -0.124. The number of carbonyl (C=O) groups is 1. The van der Waals surface area contributed by atoms with Crippen LogP contribution < -0.4 is 5.32 Å². The molecule has 1 unspecified atom stereocenters. The van der Waals surface area contributed by atoms with Crippen LogP contribution in [0, 0.1) is 5.92 Å². The number of rotatable bonds is 8. The molecule has 1 saturated carbocycles. The molecular weight excluding hydrogens is 470 g/mol. The largest absolute Gasteiger partial charge is 0.394 e. The molecule has 1 amide bonds. The van der Waals surface area contributed by atoms with E-state index in [1.54, 1.807) is 0 Å².